The van der Waals surface area contributed by atoms with Gasteiger partial charge in [-0.3, -0.25) is 0 Å². The SMILES string of the molecule is CC1(C)c2ccccc2Oc2ccc(-c3ccc(-c4nc(-c5ccc(-c6ccccc6)cc5)c5ccccc5n4)cc3)cc21. The molecule has 0 spiro atoms. The molecule has 8 rings (SSSR count). The fraction of sp³-hybridized carbons (Fsp3) is 0.0732. The molecule has 7 aromatic rings. The summed E-state index contributed by atoms with van der Waals surface area (Å²) in [5, 5.41) is 1.04. The molecule has 0 saturated heterocycles. The maximum atomic E-state index is 6.28. The molecular formula is C41H30N2O. The molecule has 1 aromatic heterocycles. The van der Waals surface area contributed by atoms with E-state index >= 15 is 0 Å². The van der Waals surface area contributed by atoms with E-state index < -0.39 is 0 Å². The number of para-hydroxylation sites is 2. The predicted molar refractivity (Wildman–Crippen MR) is 180 cm³/mol. The van der Waals surface area contributed by atoms with E-state index in [4.69, 9.17) is 14.7 Å². The largest absolute Gasteiger partial charge is 0.457 e. The Bertz CT molecular complexity index is 2150. The third-order valence-electron chi connectivity index (χ3n) is 8.78. The maximum absolute atomic E-state index is 6.28. The molecule has 3 heteroatoms. The smallest absolute Gasteiger partial charge is 0.160 e. The molecule has 6 aromatic carbocycles. The van der Waals surface area contributed by atoms with Crippen molar-refractivity contribution in [2.75, 3.05) is 0 Å². The molecule has 0 N–H and O–H groups in total. The summed E-state index contributed by atoms with van der Waals surface area (Å²) >= 11 is 0. The molecule has 0 saturated carbocycles. The van der Waals surface area contributed by atoms with Gasteiger partial charge in [-0.25, -0.2) is 9.97 Å². The minimum Gasteiger partial charge on any atom is -0.457 e. The van der Waals surface area contributed by atoms with Crippen LogP contribution in [-0.2, 0) is 5.41 Å². The summed E-state index contributed by atoms with van der Waals surface area (Å²) in [6.07, 6.45) is 0. The highest BCUT2D eigenvalue weighted by Gasteiger charge is 2.34. The fourth-order valence-electron chi connectivity index (χ4n) is 6.31. The van der Waals surface area contributed by atoms with Crippen LogP contribution in [0.15, 0.2) is 146 Å². The van der Waals surface area contributed by atoms with Crippen molar-refractivity contribution in [3.63, 3.8) is 0 Å². The van der Waals surface area contributed by atoms with Gasteiger partial charge < -0.3 is 4.74 Å². The maximum Gasteiger partial charge on any atom is 0.160 e. The van der Waals surface area contributed by atoms with Gasteiger partial charge in [-0.15, -0.1) is 0 Å². The molecule has 1 aliphatic heterocycles. The van der Waals surface area contributed by atoms with E-state index in [0.29, 0.717) is 5.82 Å². The van der Waals surface area contributed by atoms with Crippen molar-refractivity contribution in [3.05, 3.63) is 157 Å². The first-order valence-corrected chi connectivity index (χ1v) is 15.0. The van der Waals surface area contributed by atoms with Crippen LogP contribution < -0.4 is 4.74 Å². The number of nitrogens with zero attached hydrogens (tertiary/aromatic N) is 2. The normalized spacial score (nSPS) is 13.1. The Hall–Kier alpha value is -5.54. The van der Waals surface area contributed by atoms with E-state index in [1.54, 1.807) is 0 Å². The van der Waals surface area contributed by atoms with Crippen LogP contribution in [0.4, 0.5) is 0 Å². The Balaban J connectivity index is 1.14. The highest BCUT2D eigenvalue weighted by atomic mass is 16.5. The zero-order chi connectivity index (χ0) is 29.7. The number of benzene rings is 6. The van der Waals surface area contributed by atoms with Crippen LogP contribution in [0.25, 0.3) is 55.8 Å². The Morgan fingerprint density at radius 1 is 0.455 bits per heavy atom. The van der Waals surface area contributed by atoms with Crippen molar-refractivity contribution in [2.45, 2.75) is 19.3 Å². The van der Waals surface area contributed by atoms with Gasteiger partial charge in [0.1, 0.15) is 11.5 Å². The van der Waals surface area contributed by atoms with Crippen LogP contribution in [-0.4, -0.2) is 9.97 Å². The van der Waals surface area contributed by atoms with Gasteiger partial charge in [0.05, 0.1) is 11.2 Å². The molecule has 0 amide bonds. The molecule has 0 radical (unpaired) electrons. The number of ether oxygens (including phenoxy) is 1. The number of hydrogen-bond donors (Lipinski definition) is 0. The molecular weight excluding hydrogens is 536 g/mol. The van der Waals surface area contributed by atoms with Gasteiger partial charge in [0.25, 0.3) is 0 Å². The highest BCUT2D eigenvalue weighted by Crippen LogP contribution is 2.48. The summed E-state index contributed by atoms with van der Waals surface area (Å²) in [6.45, 7) is 4.54. The molecule has 0 unspecified atom stereocenters. The molecule has 0 fully saturated rings. The van der Waals surface area contributed by atoms with E-state index in [2.05, 4.69) is 129 Å². The van der Waals surface area contributed by atoms with Gasteiger partial charge in [0, 0.05) is 33.1 Å². The van der Waals surface area contributed by atoms with Crippen molar-refractivity contribution in [3.8, 4) is 56.4 Å². The van der Waals surface area contributed by atoms with E-state index in [-0.39, 0.29) is 5.41 Å². The van der Waals surface area contributed by atoms with E-state index in [1.807, 2.05) is 30.3 Å². The molecule has 1 aliphatic rings. The predicted octanol–water partition coefficient (Wildman–Crippen LogP) is 10.7. The Morgan fingerprint density at radius 2 is 1.02 bits per heavy atom. The number of rotatable bonds is 4. The summed E-state index contributed by atoms with van der Waals surface area (Å²) in [5.41, 5.74) is 10.9. The zero-order valence-electron chi connectivity index (χ0n) is 24.7. The summed E-state index contributed by atoms with van der Waals surface area (Å²) in [6, 6.07) is 50.7. The molecule has 0 bridgehead atoms. The summed E-state index contributed by atoms with van der Waals surface area (Å²) in [7, 11) is 0. The molecule has 3 nitrogen and oxygen atoms in total. The summed E-state index contributed by atoms with van der Waals surface area (Å²) in [5.74, 6) is 2.57. The second kappa shape index (κ2) is 10.3. The zero-order valence-corrected chi connectivity index (χ0v) is 24.7. The van der Waals surface area contributed by atoms with Crippen LogP contribution in [0, 0.1) is 0 Å². The standard InChI is InChI=1S/C41H30N2O/c1-41(2)34-13-7-9-15-37(34)44-38-25-24-32(26-35(38)41)29-18-22-31(23-19-29)40-42-36-14-8-6-12-33(36)39(43-40)30-20-16-28(17-21-30)27-10-4-3-5-11-27/h3-26H,1-2H3. The van der Waals surface area contributed by atoms with Gasteiger partial charge in [0.2, 0.25) is 0 Å². The monoisotopic (exact) mass is 566 g/mol. The van der Waals surface area contributed by atoms with Crippen LogP contribution in [0.3, 0.4) is 0 Å². The Kier molecular flexibility index (Phi) is 6.13. The lowest BCUT2D eigenvalue weighted by Crippen LogP contribution is -2.24. The van der Waals surface area contributed by atoms with E-state index in [1.165, 1.54) is 22.3 Å². The molecule has 2 heterocycles. The lowest BCUT2D eigenvalue weighted by Gasteiger charge is -2.34. The Morgan fingerprint density at radius 3 is 1.82 bits per heavy atom. The van der Waals surface area contributed by atoms with Crippen molar-refractivity contribution in [1.29, 1.82) is 0 Å². The molecule has 0 aliphatic carbocycles. The number of aromatic nitrogens is 2. The first-order chi connectivity index (χ1) is 21.5. The first-order valence-electron chi connectivity index (χ1n) is 15.0. The quantitative estimate of drug-likeness (QED) is 0.213. The number of fused-ring (bicyclic) bond motifs is 3. The Labute approximate surface area is 257 Å². The van der Waals surface area contributed by atoms with Gasteiger partial charge in [-0.05, 0) is 46.5 Å². The summed E-state index contributed by atoms with van der Waals surface area (Å²) < 4.78 is 6.28. The first kappa shape index (κ1) is 26.1. The number of hydrogen-bond acceptors (Lipinski definition) is 3. The van der Waals surface area contributed by atoms with Crippen LogP contribution in [0.5, 0.6) is 11.5 Å². The van der Waals surface area contributed by atoms with Gasteiger partial charge >= 0.3 is 0 Å². The summed E-state index contributed by atoms with van der Waals surface area (Å²) in [4.78, 5) is 10.1. The third-order valence-corrected chi connectivity index (χ3v) is 8.78. The van der Waals surface area contributed by atoms with Crippen LogP contribution in [0.1, 0.15) is 25.0 Å². The van der Waals surface area contributed by atoms with Crippen LogP contribution in [0.2, 0.25) is 0 Å². The fourth-order valence-corrected chi connectivity index (χ4v) is 6.31. The van der Waals surface area contributed by atoms with Gasteiger partial charge in [0.15, 0.2) is 5.82 Å². The van der Waals surface area contributed by atoms with Crippen LogP contribution >= 0.6 is 0 Å². The minimum absolute atomic E-state index is 0.158. The van der Waals surface area contributed by atoms with Crippen molar-refractivity contribution < 1.29 is 4.74 Å². The topological polar surface area (TPSA) is 35.0 Å². The van der Waals surface area contributed by atoms with E-state index in [9.17, 15) is 0 Å². The van der Waals surface area contributed by atoms with Gasteiger partial charge in [-0.1, -0.05) is 135 Å². The molecule has 210 valence electrons. The minimum atomic E-state index is -0.158. The third kappa shape index (κ3) is 4.45. The molecule has 0 atom stereocenters. The lowest BCUT2D eigenvalue weighted by molar-refractivity contribution is 0.418. The van der Waals surface area contributed by atoms with E-state index in [0.717, 1.165) is 50.3 Å². The van der Waals surface area contributed by atoms with Crippen molar-refractivity contribution >= 4 is 10.9 Å². The second-order valence-corrected chi connectivity index (χ2v) is 11.9. The van der Waals surface area contributed by atoms with Crippen molar-refractivity contribution in [1.82, 2.24) is 9.97 Å². The highest BCUT2D eigenvalue weighted by molar-refractivity contribution is 5.94. The van der Waals surface area contributed by atoms with Crippen molar-refractivity contribution in [2.24, 2.45) is 0 Å². The van der Waals surface area contributed by atoms with Gasteiger partial charge in [-0.2, -0.15) is 0 Å². The lowest BCUT2D eigenvalue weighted by atomic mass is 9.75. The average Bonchev–Trinajstić information content (AvgIpc) is 3.08. The average molecular weight is 567 g/mol. The second-order valence-electron chi connectivity index (χ2n) is 11.9. The molecule has 44 heavy (non-hydrogen) atoms.